The number of esters is 2. The van der Waals surface area contributed by atoms with Gasteiger partial charge in [-0.15, -0.1) is 0 Å². The minimum Gasteiger partial charge on any atom is -0.493 e. The number of nitrogens with zero attached hydrogens (tertiary/aromatic N) is 1. The number of carbonyl (C=O) groups is 2. The number of rotatable bonds is 6. The fourth-order valence-electron chi connectivity index (χ4n) is 2.78. The number of carbonyl (C=O) groups excluding carboxylic acids is 2. The summed E-state index contributed by atoms with van der Waals surface area (Å²) in [7, 11) is 2.62. The Hall–Kier alpha value is -3.88. The van der Waals surface area contributed by atoms with Crippen LogP contribution >= 0.6 is 0 Å². The van der Waals surface area contributed by atoms with Crippen LogP contribution in [-0.2, 0) is 16.1 Å². The average Bonchev–Trinajstić information content (AvgIpc) is 2.75. The highest BCUT2D eigenvalue weighted by atomic mass is 16.6. The highest BCUT2D eigenvalue weighted by Gasteiger charge is 2.15. The van der Waals surface area contributed by atoms with Gasteiger partial charge in [-0.25, -0.2) is 9.48 Å². The van der Waals surface area contributed by atoms with Crippen molar-refractivity contribution in [2.45, 2.75) is 13.0 Å². The number of aromatic nitrogens is 2. The van der Waals surface area contributed by atoms with Crippen LogP contribution in [-0.4, -0.2) is 35.9 Å². The van der Waals surface area contributed by atoms with Gasteiger partial charge in [0.2, 0.25) is 0 Å². The van der Waals surface area contributed by atoms with Crippen molar-refractivity contribution >= 4 is 22.7 Å². The molecule has 9 nitrogen and oxygen atoms in total. The summed E-state index contributed by atoms with van der Waals surface area (Å²) in [4.78, 5) is 48.3. The molecule has 3 rings (SSSR count). The van der Waals surface area contributed by atoms with E-state index in [2.05, 4.69) is 9.84 Å². The molecule has 0 aliphatic rings. The Morgan fingerprint density at radius 3 is 2.41 bits per heavy atom. The fraction of sp³-hybridized carbons (Fsp3) is 0.200. The average molecular weight is 398 g/mol. The Balaban J connectivity index is 1.75. The van der Waals surface area contributed by atoms with Crippen molar-refractivity contribution in [2.75, 3.05) is 14.2 Å². The van der Waals surface area contributed by atoms with Crippen molar-refractivity contribution in [1.82, 2.24) is 9.78 Å². The van der Waals surface area contributed by atoms with E-state index in [0.29, 0.717) is 0 Å². The predicted octanol–water partition coefficient (Wildman–Crippen LogP) is 1.48. The number of fused-ring (bicyclic) bond motifs is 1. The summed E-state index contributed by atoms with van der Waals surface area (Å²) < 4.78 is 16.1. The lowest BCUT2D eigenvalue weighted by molar-refractivity contribution is -0.134. The predicted molar refractivity (Wildman–Crippen MR) is 103 cm³/mol. The Kier molecular flexibility index (Phi) is 5.77. The molecule has 0 aliphatic heterocycles. The third-order valence-electron chi connectivity index (χ3n) is 4.23. The molecule has 29 heavy (non-hydrogen) atoms. The zero-order chi connectivity index (χ0) is 21.0. The molecule has 1 heterocycles. The van der Waals surface area contributed by atoms with Crippen LogP contribution in [0, 0.1) is 0 Å². The molecular formula is C20H18N2O7. The molecular weight excluding hydrogens is 380 g/mol. The lowest BCUT2D eigenvalue weighted by Gasteiger charge is -2.11. The summed E-state index contributed by atoms with van der Waals surface area (Å²) in [6.45, 7) is -0.0691. The molecule has 0 radical (unpaired) electrons. The number of hydrogen-bond donors (Lipinski definition) is 1. The van der Waals surface area contributed by atoms with Crippen LogP contribution in [0.25, 0.3) is 10.8 Å². The summed E-state index contributed by atoms with van der Waals surface area (Å²) >= 11 is 0. The van der Waals surface area contributed by atoms with Gasteiger partial charge in [0.15, 0.2) is 11.5 Å². The van der Waals surface area contributed by atoms with Crippen molar-refractivity contribution in [2.24, 2.45) is 0 Å². The van der Waals surface area contributed by atoms with Crippen molar-refractivity contribution in [3.05, 3.63) is 68.7 Å². The van der Waals surface area contributed by atoms with Crippen molar-refractivity contribution in [3.8, 4) is 11.5 Å². The zero-order valence-electron chi connectivity index (χ0n) is 15.8. The number of H-pyrrole nitrogens is 1. The lowest BCUT2D eigenvalue weighted by Crippen LogP contribution is -2.31. The van der Waals surface area contributed by atoms with Gasteiger partial charge in [-0.05, 0) is 30.3 Å². The van der Waals surface area contributed by atoms with Gasteiger partial charge in [0, 0.05) is 0 Å². The summed E-state index contributed by atoms with van der Waals surface area (Å²) in [6.07, 6.45) is -0.171. The summed E-state index contributed by atoms with van der Waals surface area (Å²) in [5.41, 5.74) is -0.592. The largest absolute Gasteiger partial charge is 0.493 e. The summed E-state index contributed by atoms with van der Waals surface area (Å²) in [6, 6.07) is 10.7. The van der Waals surface area contributed by atoms with E-state index in [1.807, 2.05) is 0 Å². The first kappa shape index (κ1) is 19.9. The van der Waals surface area contributed by atoms with Gasteiger partial charge in [0.05, 0.1) is 43.5 Å². The molecule has 1 N–H and O–H groups in total. The number of aromatic amines is 1. The van der Waals surface area contributed by atoms with Gasteiger partial charge >= 0.3 is 11.9 Å². The smallest absolute Gasteiger partial charge is 0.337 e. The van der Waals surface area contributed by atoms with Crippen LogP contribution in [0.5, 0.6) is 11.5 Å². The van der Waals surface area contributed by atoms with Crippen LogP contribution in [0.4, 0.5) is 0 Å². The first-order valence-electron chi connectivity index (χ1n) is 8.63. The first-order chi connectivity index (χ1) is 13.9. The second-order valence-corrected chi connectivity index (χ2v) is 6.02. The number of methoxy groups -OCH3 is 2. The third-order valence-corrected chi connectivity index (χ3v) is 4.23. The molecule has 150 valence electrons. The second-order valence-electron chi connectivity index (χ2n) is 6.02. The van der Waals surface area contributed by atoms with Crippen molar-refractivity contribution in [3.63, 3.8) is 0 Å². The molecule has 0 fully saturated rings. The molecule has 9 heteroatoms. The molecule has 0 saturated carbocycles. The van der Waals surface area contributed by atoms with E-state index in [-0.39, 0.29) is 40.8 Å². The quantitative estimate of drug-likeness (QED) is 0.494. The van der Waals surface area contributed by atoms with Gasteiger partial charge in [0.25, 0.3) is 11.1 Å². The molecule has 0 amide bonds. The van der Waals surface area contributed by atoms with E-state index in [1.54, 1.807) is 24.3 Å². The normalized spacial score (nSPS) is 10.6. The van der Waals surface area contributed by atoms with Crippen LogP contribution in [0.1, 0.15) is 16.8 Å². The molecule has 0 aliphatic carbocycles. The van der Waals surface area contributed by atoms with E-state index >= 15 is 0 Å². The van der Waals surface area contributed by atoms with Gasteiger partial charge in [-0.1, -0.05) is 12.1 Å². The van der Waals surface area contributed by atoms with Gasteiger partial charge in [-0.3, -0.25) is 19.5 Å². The van der Waals surface area contributed by atoms with E-state index in [4.69, 9.17) is 9.47 Å². The van der Waals surface area contributed by atoms with Gasteiger partial charge in [-0.2, -0.15) is 0 Å². The molecule has 1 aromatic heterocycles. The number of aryl methyl sites for hydroxylation is 1. The number of ether oxygens (including phenoxy) is 3. The second kappa shape index (κ2) is 8.42. The number of nitrogens with one attached hydrogen (secondary N) is 1. The maximum absolute atomic E-state index is 12.5. The summed E-state index contributed by atoms with van der Waals surface area (Å²) in [5.74, 6) is -0.905. The highest BCUT2D eigenvalue weighted by Crippen LogP contribution is 2.28. The standard InChI is InChI=1S/C20H18N2O7/c1-27-16-11-12(20(26)28-2)7-8-15(16)29-17(23)9-10-22-19(25)14-6-4-3-5-13(14)18(24)21-22/h3-8,11H,9-10H2,1-2H3,(H,21,24). The van der Waals surface area contributed by atoms with Crippen LogP contribution in [0.3, 0.4) is 0 Å². The van der Waals surface area contributed by atoms with Crippen LogP contribution in [0.15, 0.2) is 52.1 Å². The van der Waals surface area contributed by atoms with E-state index < -0.39 is 23.1 Å². The molecule has 0 unspecified atom stereocenters. The van der Waals surface area contributed by atoms with E-state index in [9.17, 15) is 19.2 Å². The maximum atomic E-state index is 12.5. The molecule has 0 bridgehead atoms. The van der Waals surface area contributed by atoms with Crippen LogP contribution in [0.2, 0.25) is 0 Å². The topological polar surface area (TPSA) is 117 Å². The van der Waals surface area contributed by atoms with Crippen LogP contribution < -0.4 is 20.6 Å². The van der Waals surface area contributed by atoms with Gasteiger partial charge in [0.1, 0.15) is 0 Å². The first-order valence-corrected chi connectivity index (χ1v) is 8.63. The maximum Gasteiger partial charge on any atom is 0.337 e. The highest BCUT2D eigenvalue weighted by molar-refractivity contribution is 5.90. The number of benzene rings is 2. The lowest BCUT2D eigenvalue weighted by atomic mass is 10.2. The summed E-state index contributed by atoms with van der Waals surface area (Å²) in [5, 5.41) is 3.00. The van der Waals surface area contributed by atoms with E-state index in [0.717, 1.165) is 4.68 Å². The Morgan fingerprint density at radius 1 is 1.00 bits per heavy atom. The third kappa shape index (κ3) is 4.18. The van der Waals surface area contributed by atoms with E-state index in [1.165, 1.54) is 32.4 Å². The minimum absolute atomic E-state index is 0.0691. The van der Waals surface area contributed by atoms with Gasteiger partial charge < -0.3 is 14.2 Å². The number of hydrogen-bond acceptors (Lipinski definition) is 7. The zero-order valence-corrected chi connectivity index (χ0v) is 15.8. The monoisotopic (exact) mass is 398 g/mol. The Morgan fingerprint density at radius 2 is 1.72 bits per heavy atom. The Labute approximate surface area is 164 Å². The molecule has 2 aromatic carbocycles. The minimum atomic E-state index is -0.643. The Bertz CT molecular complexity index is 1190. The molecule has 3 aromatic rings. The van der Waals surface area contributed by atoms with Crippen molar-refractivity contribution in [1.29, 1.82) is 0 Å². The van der Waals surface area contributed by atoms with Crippen molar-refractivity contribution < 1.29 is 23.8 Å². The molecule has 0 atom stereocenters. The fourth-order valence-corrected chi connectivity index (χ4v) is 2.78. The molecule has 0 saturated heterocycles. The molecule has 0 spiro atoms. The SMILES string of the molecule is COC(=O)c1ccc(OC(=O)CCn2[nH]c(=O)c3ccccc3c2=O)c(OC)c1.